The topological polar surface area (TPSA) is 144 Å². The lowest BCUT2D eigenvalue weighted by atomic mass is 10.1. The molecule has 3 fully saturated rings. The van der Waals surface area contributed by atoms with Crippen LogP contribution in [0.5, 0.6) is 0 Å². The van der Waals surface area contributed by atoms with E-state index in [9.17, 15) is 19.2 Å². The van der Waals surface area contributed by atoms with Crippen LogP contribution in [0, 0.1) is 17.8 Å². The molecule has 2 aliphatic heterocycles. The van der Waals surface area contributed by atoms with Gasteiger partial charge < -0.3 is 34.2 Å². The second kappa shape index (κ2) is 16.0. The number of carbonyl (C=O) groups is 4. The number of amides is 3. The third-order valence-electron chi connectivity index (χ3n) is 9.27. The Labute approximate surface area is 288 Å². The number of methoxy groups -OCH3 is 1. The first-order valence-electron chi connectivity index (χ1n) is 17.4. The molecule has 1 N–H and O–H groups in total. The summed E-state index contributed by atoms with van der Waals surface area (Å²) in [5.41, 5.74) is 0.212. The number of fused-ring (bicyclic) bond motifs is 1. The molecule has 3 heterocycles. The number of carbonyl (C=O) groups excluding carboxylic acids is 4. The van der Waals surface area contributed by atoms with Gasteiger partial charge in [0.1, 0.15) is 23.2 Å². The molecule has 5 rings (SSSR count). The SMILES string of the molecule is CCCCOC(=O)N1CCN(C(=O)[C@H](CCC(=O)OC(C)(C)C)NC(=O)c2cc(N3C[C@@H]4[C@@H](COC)[C@@H]4C3)nc(-c3ccccc3)n2)CC1. The molecule has 49 heavy (non-hydrogen) atoms. The Morgan fingerprint density at radius 1 is 0.980 bits per heavy atom. The summed E-state index contributed by atoms with van der Waals surface area (Å²) in [5.74, 6) is 1.33. The summed E-state index contributed by atoms with van der Waals surface area (Å²) >= 11 is 0. The van der Waals surface area contributed by atoms with Crippen molar-refractivity contribution >= 4 is 29.7 Å². The van der Waals surface area contributed by atoms with Crippen molar-refractivity contribution in [3.63, 3.8) is 0 Å². The van der Waals surface area contributed by atoms with E-state index in [1.54, 1.807) is 43.7 Å². The van der Waals surface area contributed by atoms with Crippen molar-refractivity contribution < 1.29 is 33.4 Å². The van der Waals surface area contributed by atoms with E-state index in [0.29, 0.717) is 49.1 Å². The predicted molar refractivity (Wildman–Crippen MR) is 183 cm³/mol. The summed E-state index contributed by atoms with van der Waals surface area (Å²) in [4.78, 5) is 67.9. The molecule has 1 aliphatic carbocycles. The van der Waals surface area contributed by atoms with Gasteiger partial charge in [-0.05, 0) is 51.4 Å². The molecular formula is C36H50N6O7. The van der Waals surface area contributed by atoms with Crippen LogP contribution in [0.25, 0.3) is 11.4 Å². The number of nitrogens with zero attached hydrogens (tertiary/aromatic N) is 5. The van der Waals surface area contributed by atoms with Gasteiger partial charge in [-0.3, -0.25) is 14.4 Å². The fraction of sp³-hybridized carbons (Fsp3) is 0.611. The molecule has 3 aliphatic rings. The third kappa shape index (κ3) is 9.46. The Morgan fingerprint density at radius 2 is 1.65 bits per heavy atom. The standard InChI is InChI=1S/C36H50N6O7/c1-6-7-19-48-35(46)41-17-15-40(16-18-41)34(45)28(13-14-31(43)49-36(2,3)4)38-33(44)29-20-30(39-32(37-29)24-11-9-8-10-12-24)42-21-25-26(22-42)27(25)23-47-5/h8-12,20,25-28H,6-7,13-19,21-23H2,1-5H3,(H,38,44)/t25-,26+,27+,28-/m0/s1. The zero-order valence-electron chi connectivity index (χ0n) is 29.4. The maximum Gasteiger partial charge on any atom is 0.409 e. The second-order valence-electron chi connectivity index (χ2n) is 14.1. The average Bonchev–Trinajstić information content (AvgIpc) is 3.51. The number of aromatic nitrogens is 2. The van der Waals surface area contributed by atoms with E-state index in [-0.39, 0.29) is 37.5 Å². The number of nitrogens with one attached hydrogen (secondary N) is 1. The number of piperidine rings is 1. The number of esters is 1. The molecular weight excluding hydrogens is 628 g/mol. The molecule has 4 atom stereocenters. The van der Waals surface area contributed by atoms with E-state index in [4.69, 9.17) is 19.2 Å². The number of rotatable bonds is 13. The molecule has 0 bridgehead atoms. The normalized spacial score (nSPS) is 20.8. The minimum atomic E-state index is -1.02. The maximum absolute atomic E-state index is 14.0. The van der Waals surface area contributed by atoms with Crippen molar-refractivity contribution in [3.8, 4) is 11.4 Å². The highest BCUT2D eigenvalue weighted by Crippen LogP contribution is 2.52. The molecule has 2 aromatic rings. The van der Waals surface area contributed by atoms with Crippen LogP contribution in [-0.2, 0) is 23.8 Å². The van der Waals surface area contributed by atoms with Crippen LogP contribution in [0.4, 0.5) is 10.6 Å². The van der Waals surface area contributed by atoms with Gasteiger partial charge >= 0.3 is 12.1 Å². The number of piperazine rings is 1. The number of unbranched alkanes of at least 4 members (excludes halogenated alkanes) is 1. The maximum atomic E-state index is 14.0. The molecule has 13 heteroatoms. The lowest BCUT2D eigenvalue weighted by molar-refractivity contribution is -0.155. The summed E-state index contributed by atoms with van der Waals surface area (Å²) < 4.78 is 16.2. The van der Waals surface area contributed by atoms with Crippen LogP contribution in [0.3, 0.4) is 0 Å². The lowest BCUT2D eigenvalue weighted by Crippen LogP contribution is -2.56. The number of anilines is 1. The summed E-state index contributed by atoms with van der Waals surface area (Å²) in [7, 11) is 1.73. The first-order valence-corrected chi connectivity index (χ1v) is 17.4. The van der Waals surface area contributed by atoms with Crippen LogP contribution >= 0.6 is 0 Å². The van der Waals surface area contributed by atoms with Crippen molar-refractivity contribution in [1.29, 1.82) is 0 Å². The predicted octanol–water partition coefficient (Wildman–Crippen LogP) is 3.77. The molecule has 3 amide bonds. The van der Waals surface area contributed by atoms with Gasteiger partial charge in [-0.1, -0.05) is 43.7 Å². The number of ether oxygens (including phenoxy) is 3. The van der Waals surface area contributed by atoms with E-state index in [1.807, 2.05) is 37.3 Å². The van der Waals surface area contributed by atoms with E-state index in [0.717, 1.165) is 38.1 Å². The van der Waals surface area contributed by atoms with Gasteiger partial charge in [0.25, 0.3) is 5.91 Å². The molecule has 1 aromatic heterocycles. The van der Waals surface area contributed by atoms with Gasteiger partial charge in [-0.15, -0.1) is 0 Å². The summed E-state index contributed by atoms with van der Waals surface area (Å²) in [6.45, 7) is 11.3. The minimum absolute atomic E-state index is 0.0403. The quantitative estimate of drug-likeness (QED) is 0.246. The van der Waals surface area contributed by atoms with Gasteiger partial charge in [0.2, 0.25) is 5.91 Å². The van der Waals surface area contributed by atoms with Crippen LogP contribution in [-0.4, -0.2) is 115 Å². The van der Waals surface area contributed by atoms with E-state index >= 15 is 0 Å². The van der Waals surface area contributed by atoms with Gasteiger partial charge in [-0.25, -0.2) is 14.8 Å². The number of benzene rings is 1. The van der Waals surface area contributed by atoms with E-state index in [2.05, 4.69) is 15.2 Å². The van der Waals surface area contributed by atoms with Crippen molar-refractivity contribution in [3.05, 3.63) is 42.1 Å². The highest BCUT2D eigenvalue weighted by molar-refractivity contribution is 5.97. The molecule has 0 radical (unpaired) electrons. The highest BCUT2D eigenvalue weighted by Gasteiger charge is 2.55. The largest absolute Gasteiger partial charge is 0.460 e. The summed E-state index contributed by atoms with van der Waals surface area (Å²) in [6.07, 6.45) is 1.29. The third-order valence-corrected chi connectivity index (χ3v) is 9.27. The van der Waals surface area contributed by atoms with Crippen LogP contribution < -0.4 is 10.2 Å². The zero-order chi connectivity index (χ0) is 35.1. The molecule has 266 valence electrons. The van der Waals surface area contributed by atoms with Gasteiger partial charge in [0, 0.05) is 71.0 Å². The van der Waals surface area contributed by atoms with E-state index in [1.165, 1.54) is 0 Å². The first kappa shape index (κ1) is 36.0. The molecule has 0 spiro atoms. The fourth-order valence-electron chi connectivity index (χ4n) is 6.57. The van der Waals surface area contributed by atoms with Gasteiger partial charge in [-0.2, -0.15) is 0 Å². The first-order chi connectivity index (χ1) is 23.5. The smallest absolute Gasteiger partial charge is 0.409 e. The van der Waals surface area contributed by atoms with Crippen molar-refractivity contribution in [1.82, 2.24) is 25.1 Å². The van der Waals surface area contributed by atoms with Crippen LogP contribution in [0.2, 0.25) is 0 Å². The highest BCUT2D eigenvalue weighted by atomic mass is 16.6. The van der Waals surface area contributed by atoms with Gasteiger partial charge in [0.05, 0.1) is 6.61 Å². The summed E-state index contributed by atoms with van der Waals surface area (Å²) in [6, 6.07) is 10.1. The number of hydrogen-bond acceptors (Lipinski definition) is 10. The molecule has 1 aromatic carbocycles. The van der Waals surface area contributed by atoms with Crippen LogP contribution in [0.15, 0.2) is 36.4 Å². The molecule has 2 saturated heterocycles. The molecule has 13 nitrogen and oxygen atoms in total. The average molecular weight is 679 g/mol. The molecule has 0 unspecified atom stereocenters. The van der Waals surface area contributed by atoms with E-state index < -0.39 is 29.6 Å². The Kier molecular flexibility index (Phi) is 11.7. The lowest BCUT2D eigenvalue weighted by Gasteiger charge is -2.36. The van der Waals surface area contributed by atoms with Crippen molar-refractivity contribution in [2.75, 3.05) is 64.5 Å². The van der Waals surface area contributed by atoms with Crippen LogP contribution in [0.1, 0.15) is 63.9 Å². The monoisotopic (exact) mass is 678 g/mol. The second-order valence-corrected chi connectivity index (χ2v) is 14.1. The Bertz CT molecular complexity index is 1460. The zero-order valence-corrected chi connectivity index (χ0v) is 29.4. The Hall–Kier alpha value is -4.26. The Morgan fingerprint density at radius 3 is 2.29 bits per heavy atom. The Balaban J connectivity index is 1.32. The number of hydrogen-bond donors (Lipinski definition) is 1. The van der Waals surface area contributed by atoms with Gasteiger partial charge in [0.15, 0.2) is 5.82 Å². The fourth-order valence-corrected chi connectivity index (χ4v) is 6.57. The van der Waals surface area contributed by atoms with Crippen molar-refractivity contribution in [2.24, 2.45) is 17.8 Å². The molecule has 1 saturated carbocycles. The minimum Gasteiger partial charge on any atom is -0.460 e. The van der Waals surface area contributed by atoms with Crippen molar-refractivity contribution in [2.45, 2.75) is 65.0 Å². The summed E-state index contributed by atoms with van der Waals surface area (Å²) in [5, 5.41) is 2.89.